The summed E-state index contributed by atoms with van der Waals surface area (Å²) >= 11 is 5.26. The molecule has 0 aromatic carbocycles. The van der Waals surface area contributed by atoms with Crippen molar-refractivity contribution >= 4 is 112 Å². The van der Waals surface area contributed by atoms with Crippen LogP contribution in [0.15, 0.2) is 52.3 Å². The van der Waals surface area contributed by atoms with Crippen molar-refractivity contribution in [3.63, 3.8) is 0 Å². The van der Waals surface area contributed by atoms with E-state index < -0.39 is 185 Å². The van der Waals surface area contributed by atoms with Gasteiger partial charge in [-0.15, -0.1) is 0 Å². The molecular formula is C42H50N19O30P5S-4. The minimum absolute atomic E-state index is 0.000401. The number of nitrogens with two attached hydrogens (primary N) is 3. The third-order valence-electron chi connectivity index (χ3n) is 15.1. The number of methoxy groups -OCH3 is 1. The van der Waals surface area contributed by atoms with E-state index in [1.54, 1.807) is 0 Å². The Morgan fingerprint density at radius 3 is 1.69 bits per heavy atom. The van der Waals surface area contributed by atoms with E-state index in [4.69, 9.17) is 75.3 Å². The number of aliphatic hydroxyl groups is 5. The van der Waals surface area contributed by atoms with Crippen LogP contribution in [0.25, 0.3) is 44.7 Å². The van der Waals surface area contributed by atoms with Crippen LogP contribution in [0.1, 0.15) is 24.9 Å². The summed E-state index contributed by atoms with van der Waals surface area (Å²) in [6.45, 7) is -10.3. The SMILES string of the molecule is COC1C(OP([O-])(=S)OCC2OC(n3cnc4c(=O)[nH]c(N)nc43)C(O)C2OP(=O)([O-])OCC2OC(n3cnc4c(=O)[nH]c(N)nc43)C(O)C2O)C(COP(=O)([O-])OP(=O)([O-])OP(=O)([O-])OCC2OC([n+]3cn(C)c4c(=O)[nH]cnc43)C(O)C2O)OC1n1cnc2c(N)ncnc21. The number of hydrogen-bond donors (Lipinski definition) is 11. The van der Waals surface area contributed by atoms with Crippen LogP contribution in [-0.4, -0.2) is 205 Å². The number of aryl methyl sites for hydroxylation is 1. The highest BCUT2D eigenvalue weighted by molar-refractivity contribution is 8.06. The van der Waals surface area contributed by atoms with Gasteiger partial charge in [0.15, 0.2) is 65.1 Å². The minimum atomic E-state index is -6.66. The van der Waals surface area contributed by atoms with E-state index in [0.29, 0.717) is 0 Å². The van der Waals surface area contributed by atoms with Crippen molar-refractivity contribution in [1.82, 2.24) is 73.1 Å². The van der Waals surface area contributed by atoms with Gasteiger partial charge in [-0.3, -0.25) is 65.9 Å². The topological polar surface area (TPSA) is 708 Å². The van der Waals surface area contributed by atoms with Crippen molar-refractivity contribution in [2.24, 2.45) is 7.05 Å². The molecule has 4 saturated heterocycles. The van der Waals surface area contributed by atoms with Crippen molar-refractivity contribution in [2.45, 2.75) is 98.2 Å². The van der Waals surface area contributed by atoms with Crippen LogP contribution < -0.4 is 62.9 Å². The second-order valence-electron chi connectivity index (χ2n) is 21.3. The smallest absolute Gasteiger partial charge is 0.311 e. The van der Waals surface area contributed by atoms with E-state index in [-0.39, 0.29) is 56.4 Å². The number of rotatable bonds is 25. The normalized spacial score (nSPS) is 30.9. The van der Waals surface area contributed by atoms with Gasteiger partial charge < -0.3 is 118 Å². The largest absolute Gasteiger partial charge is 0.780 e. The molecule has 4 aliphatic heterocycles. The van der Waals surface area contributed by atoms with Crippen molar-refractivity contribution in [1.29, 1.82) is 0 Å². The number of nitrogens with zero attached hydrogens (tertiary/aromatic N) is 13. The number of anilines is 3. The Balaban J connectivity index is 0.741. The fourth-order valence-electron chi connectivity index (χ4n) is 10.9. The molecule has 4 aliphatic rings. The molecule has 21 atom stereocenters. The van der Waals surface area contributed by atoms with Crippen molar-refractivity contribution < 1.29 is 132 Å². The molecule has 528 valence electrons. The van der Waals surface area contributed by atoms with E-state index in [1.165, 1.54) is 17.9 Å². The van der Waals surface area contributed by atoms with Crippen LogP contribution in [0.5, 0.6) is 0 Å². The molecule has 0 aliphatic carbocycles. The molecule has 12 rings (SSSR count). The maximum Gasteiger partial charge on any atom is 0.311 e. The molecule has 0 amide bonds. The predicted octanol–water partition coefficient (Wildman–Crippen LogP) is -8.86. The van der Waals surface area contributed by atoms with Gasteiger partial charge in [0.2, 0.25) is 23.6 Å². The number of imidazole rings is 4. The highest BCUT2D eigenvalue weighted by Crippen LogP contribution is 2.63. The fraction of sp³-hybridized carbons (Fsp3) is 0.524. The highest BCUT2D eigenvalue weighted by Gasteiger charge is 2.53. The molecule has 97 heavy (non-hydrogen) atoms. The number of phosphoric acid groups is 4. The third kappa shape index (κ3) is 14.1. The predicted molar refractivity (Wildman–Crippen MR) is 303 cm³/mol. The Kier molecular flexibility index (Phi) is 19.4. The van der Waals surface area contributed by atoms with Crippen LogP contribution in [0.2, 0.25) is 0 Å². The molecule has 8 aromatic rings. The first-order valence-electron chi connectivity index (χ1n) is 27.4. The zero-order valence-electron chi connectivity index (χ0n) is 48.7. The standard InChI is InChI=1S/C42H54N19O30P5S/c1-57-12-61(33-20(57)36(69)49-8-48-33)38-24(65)22(63)14(85-38)4-81-93(72,73)90-95(76,77)91-94(74,75)82-5-16-27(28(79-2)40(87-16)58-9-50-17-29(43)46-7-47-30(17)58)89-96(78,97)83-6-15-26(25(66)39(86-15)60-11-52-19-32(60)54-42(45)56-35(19)68)88-92(70,71)80-3-13-21(62)23(64)37(84-13)59-10-51-18-31(59)53-41(44)55-34(18)67/h7-16,21-28,37-40,62-66H,3-6H2,1-2H3,(H13-,43,44,45,46,47,48,49,53,54,55,56,67,68,69,70,71,72,73,74,75,76,77,78,97)/p-4. The van der Waals surface area contributed by atoms with Gasteiger partial charge in [0.05, 0.1) is 52.5 Å². The van der Waals surface area contributed by atoms with Gasteiger partial charge >= 0.3 is 5.65 Å². The number of H-pyrrole nitrogens is 3. The molecule has 4 fully saturated rings. The summed E-state index contributed by atoms with van der Waals surface area (Å²) < 4.78 is 126. The van der Waals surface area contributed by atoms with Gasteiger partial charge in [-0.2, -0.15) is 9.97 Å². The quantitative estimate of drug-likeness (QED) is 0.0187. The average molecular weight is 1490 g/mol. The zero-order valence-corrected chi connectivity index (χ0v) is 54.0. The van der Waals surface area contributed by atoms with Gasteiger partial charge in [0.1, 0.15) is 91.8 Å². The number of aromatic nitrogens is 16. The molecule has 8 aromatic heterocycles. The lowest BCUT2D eigenvalue weighted by Crippen LogP contribution is -2.46. The second-order valence-corrected chi connectivity index (χ2v) is 29.9. The average Bonchev–Trinajstić information content (AvgIpc) is 1.63. The summed E-state index contributed by atoms with van der Waals surface area (Å²) in [7, 11) is -22.7. The monoisotopic (exact) mass is 1490 g/mol. The first kappa shape index (κ1) is 70.5. The summed E-state index contributed by atoms with van der Waals surface area (Å²) in [5, 5.41) is 55.3. The lowest BCUT2D eigenvalue weighted by Gasteiger charge is -2.36. The Labute approximate surface area is 540 Å². The van der Waals surface area contributed by atoms with Crippen molar-refractivity contribution in [3.05, 3.63) is 69.0 Å². The molecule has 55 heteroatoms. The minimum Gasteiger partial charge on any atom is -0.780 e. The fourth-order valence-corrected chi connectivity index (χ4v) is 16.6. The van der Waals surface area contributed by atoms with Crippen LogP contribution in [0.4, 0.5) is 17.7 Å². The van der Waals surface area contributed by atoms with Crippen molar-refractivity contribution in [2.75, 3.05) is 50.7 Å². The molecule has 21 unspecified atom stereocenters. The van der Waals surface area contributed by atoms with Gasteiger partial charge in [-0.1, -0.05) is 16.8 Å². The molecule has 0 spiro atoms. The number of nitrogen functional groups attached to an aromatic ring is 3. The van der Waals surface area contributed by atoms with E-state index in [0.717, 1.165) is 57.0 Å². The number of fused-ring (bicyclic) bond motifs is 4. The second kappa shape index (κ2) is 26.6. The summed E-state index contributed by atoms with van der Waals surface area (Å²) in [5.74, 6) is -0.966. The molecule has 0 radical (unpaired) electrons. The Morgan fingerprint density at radius 2 is 1.08 bits per heavy atom. The molecule has 0 saturated carbocycles. The Hall–Kier alpha value is -6.35. The lowest BCUT2D eigenvalue weighted by atomic mass is 10.1. The van der Waals surface area contributed by atoms with Crippen LogP contribution >= 0.6 is 38.0 Å². The van der Waals surface area contributed by atoms with Gasteiger partial charge in [0.25, 0.3) is 48.0 Å². The van der Waals surface area contributed by atoms with E-state index >= 15 is 0 Å². The summed E-state index contributed by atoms with van der Waals surface area (Å²) in [5.41, 5.74) is 13.9. The summed E-state index contributed by atoms with van der Waals surface area (Å²) in [6.07, 6.45) is -23.2. The maximum absolute atomic E-state index is 14.5. The lowest BCUT2D eigenvalue weighted by molar-refractivity contribution is -0.745. The third-order valence-corrected chi connectivity index (χ3v) is 21.8. The number of aromatic amines is 3. The van der Waals surface area contributed by atoms with Gasteiger partial charge in [0, 0.05) is 7.11 Å². The first-order valence-corrected chi connectivity index (χ1v) is 35.8. The molecule has 14 N–H and O–H groups in total. The Morgan fingerprint density at radius 1 is 0.577 bits per heavy atom. The number of phosphoric ester groups is 3. The van der Waals surface area contributed by atoms with Crippen LogP contribution in [0, 0.1) is 0 Å². The van der Waals surface area contributed by atoms with Gasteiger partial charge in [-0.25, -0.2) is 38.1 Å². The van der Waals surface area contributed by atoms with E-state index in [1.807, 2.05) is 0 Å². The number of ether oxygens (including phenoxy) is 5. The Bertz CT molecular complexity index is 4770. The number of nitrogens with one attached hydrogen (secondary N) is 3. The van der Waals surface area contributed by atoms with E-state index in [2.05, 4.69) is 68.0 Å². The zero-order chi connectivity index (χ0) is 69.7. The van der Waals surface area contributed by atoms with E-state index in [9.17, 15) is 82.6 Å². The van der Waals surface area contributed by atoms with Crippen LogP contribution in [0.3, 0.4) is 0 Å². The van der Waals surface area contributed by atoms with Crippen molar-refractivity contribution in [3.8, 4) is 0 Å². The molecule has 12 heterocycles. The molecular weight excluding hydrogens is 1440 g/mol. The first-order chi connectivity index (χ1) is 45.6. The summed E-state index contributed by atoms with van der Waals surface area (Å²) in [6, 6.07) is 0. The van der Waals surface area contributed by atoms with Crippen LogP contribution in [-0.2, 0) is 96.6 Å². The number of aliphatic hydroxyl groups excluding tert-OH is 5. The molecule has 49 nitrogen and oxygen atoms in total. The maximum atomic E-state index is 14.5. The number of hydrogen-bond acceptors (Lipinski definition) is 42. The summed E-state index contributed by atoms with van der Waals surface area (Å²) in [4.78, 5) is 144. The molecule has 0 bridgehead atoms. The van der Waals surface area contributed by atoms with Gasteiger partial charge in [-0.05, 0) is 0 Å². The highest BCUT2D eigenvalue weighted by atomic mass is 32.5.